The number of hydrogen-bond acceptors (Lipinski definition) is 20. The highest BCUT2D eigenvalue weighted by atomic mass is 16.6. The van der Waals surface area contributed by atoms with Gasteiger partial charge in [0.1, 0.15) is 60.3 Å². The van der Waals surface area contributed by atoms with Crippen LogP contribution in [0.1, 0.15) is 12.5 Å². The Bertz CT molecular complexity index is 2370. The van der Waals surface area contributed by atoms with Crippen molar-refractivity contribution in [1.82, 2.24) is 59.0 Å². The number of H-pyrrole nitrogens is 4. The lowest BCUT2D eigenvalue weighted by atomic mass is 10.1. The molecule has 0 bridgehead atoms. The fourth-order valence-electron chi connectivity index (χ4n) is 5.07. The second kappa shape index (κ2) is 17.0. The van der Waals surface area contributed by atoms with E-state index in [9.17, 15) is 39.6 Å². The zero-order chi connectivity index (χ0) is 39.1. The van der Waals surface area contributed by atoms with Crippen LogP contribution in [0, 0.1) is 0 Å². The molecule has 26 nitrogen and oxygen atoms in total. The average molecular weight is 759 g/mol. The van der Waals surface area contributed by atoms with Gasteiger partial charge in [-0.15, -0.1) is 0 Å². The van der Waals surface area contributed by atoms with Crippen molar-refractivity contribution in [2.45, 2.75) is 49.1 Å². The first kappa shape index (κ1) is 39.0. The van der Waals surface area contributed by atoms with Crippen LogP contribution in [0.15, 0.2) is 69.0 Å². The average Bonchev–Trinajstić information content (AvgIpc) is 3.93. The third-order valence-electron chi connectivity index (χ3n) is 7.76. The molecule has 2 fully saturated rings. The highest BCUT2D eigenvalue weighted by molar-refractivity contribution is 5.81. The van der Waals surface area contributed by atoms with Crippen LogP contribution in [0.5, 0.6) is 0 Å². The maximum Gasteiger partial charge on any atom is 0.330 e. The van der Waals surface area contributed by atoms with E-state index in [0.29, 0.717) is 28.1 Å². The van der Waals surface area contributed by atoms with Gasteiger partial charge in [0, 0.05) is 24.5 Å². The van der Waals surface area contributed by atoms with E-state index in [2.05, 4.69) is 39.9 Å². The molecule has 0 amide bonds. The number of nitrogens with two attached hydrogens (primary N) is 2. The molecule has 0 spiro atoms. The van der Waals surface area contributed by atoms with E-state index in [4.69, 9.17) is 31.2 Å². The van der Waals surface area contributed by atoms with Gasteiger partial charge in [-0.2, -0.15) is 0 Å². The zero-order valence-corrected chi connectivity index (χ0v) is 27.5. The largest absolute Gasteiger partial charge is 0.394 e. The molecule has 2 aliphatic heterocycles. The number of nitrogen functional groups attached to an aromatic ring is 2. The second-order valence-electron chi connectivity index (χ2n) is 11.2. The quantitative estimate of drug-likeness (QED) is 0.0796. The van der Waals surface area contributed by atoms with Crippen LogP contribution in [0.2, 0.25) is 0 Å². The van der Waals surface area contributed by atoms with E-state index in [1.54, 1.807) is 0 Å². The molecule has 8 heterocycles. The van der Waals surface area contributed by atoms with Crippen molar-refractivity contribution in [1.29, 1.82) is 0 Å². The minimum absolute atomic E-state index is 0.218. The van der Waals surface area contributed by atoms with Crippen molar-refractivity contribution >= 4 is 34.0 Å². The molecule has 6 aromatic heterocycles. The lowest BCUT2D eigenvalue weighted by Gasteiger charge is -2.16. The van der Waals surface area contributed by atoms with E-state index >= 15 is 0 Å². The van der Waals surface area contributed by atoms with Gasteiger partial charge in [-0.05, 0) is 0 Å². The minimum Gasteiger partial charge on any atom is -0.394 e. The number of rotatable bonds is 4. The minimum atomic E-state index is -1.35. The van der Waals surface area contributed by atoms with E-state index in [1.807, 2.05) is 9.97 Å². The Balaban J connectivity index is 0.000000146. The van der Waals surface area contributed by atoms with Gasteiger partial charge >= 0.3 is 11.4 Å². The Morgan fingerprint density at radius 2 is 1.31 bits per heavy atom. The number of aromatic amines is 4. The number of hydrogen-bond donors (Lipinski definition) is 12. The van der Waals surface area contributed by atoms with Gasteiger partial charge < -0.3 is 61.5 Å². The first-order valence-electron chi connectivity index (χ1n) is 15.5. The van der Waals surface area contributed by atoms with Crippen LogP contribution in [-0.4, -0.2) is 139 Å². The maximum absolute atomic E-state index is 11.4. The summed E-state index contributed by atoms with van der Waals surface area (Å²) in [5.74, 6) is 0.651. The second-order valence-corrected chi connectivity index (χ2v) is 11.2. The number of nitrogens with zero attached hydrogens (tertiary/aromatic N) is 8. The molecule has 26 heteroatoms. The van der Waals surface area contributed by atoms with Crippen LogP contribution in [0.3, 0.4) is 0 Å². The molecular formula is C28H34N14O12. The summed E-state index contributed by atoms with van der Waals surface area (Å²) in [6.45, 7) is -0.870. The van der Waals surface area contributed by atoms with Crippen molar-refractivity contribution in [3.63, 3.8) is 0 Å². The highest BCUT2D eigenvalue weighted by Gasteiger charge is 2.44. The number of aromatic nitrogens is 12. The number of anilines is 2. The van der Waals surface area contributed by atoms with E-state index in [-0.39, 0.29) is 11.4 Å². The number of imidazole rings is 2. The van der Waals surface area contributed by atoms with Gasteiger partial charge in [-0.3, -0.25) is 28.7 Å². The van der Waals surface area contributed by atoms with Crippen LogP contribution in [0.25, 0.3) is 22.3 Å². The van der Waals surface area contributed by atoms with Crippen LogP contribution in [0.4, 0.5) is 11.6 Å². The predicted octanol–water partition coefficient (Wildman–Crippen LogP) is -5.83. The Kier molecular flexibility index (Phi) is 12.3. The molecule has 0 aromatic carbocycles. The standard InChI is InChI=1S/C10H13N5O4.C9H12N2O6.C5H5N5.C4H4N2O2/c11-8-5-9(13-2-12-8)15(3-14-5)10-7(18)6(17)4(1-16)19-10;12-3-4-6(14)7(15)8(17-4)11-2-1-5(13)10-9(11)16;6-4-3-5(9-1-7-3)10-2-8-4;7-3-1-2-5-4(8)6-3/h2-4,6-7,10,16-18H,1H2,(H2,11,12,13);1-2,4,6-8,12,14-15H,3H2,(H,10,13,16);1-2H,(H3,6,7,8,9,10);1-2H,(H2,5,6,7,8)/t4-,6-,7-,10-;4-,6-,7-,8-;;/m11../s1. The molecule has 2 saturated heterocycles. The molecule has 0 aliphatic carbocycles. The zero-order valence-electron chi connectivity index (χ0n) is 27.5. The summed E-state index contributed by atoms with van der Waals surface area (Å²) in [5.41, 5.74) is 11.0. The third kappa shape index (κ3) is 8.51. The predicted molar refractivity (Wildman–Crippen MR) is 181 cm³/mol. The monoisotopic (exact) mass is 758 g/mol. The van der Waals surface area contributed by atoms with Crippen LogP contribution in [-0.2, 0) is 9.47 Å². The van der Waals surface area contributed by atoms with E-state index < -0.39 is 79.2 Å². The van der Waals surface area contributed by atoms with Gasteiger partial charge in [0.05, 0.1) is 25.9 Å². The van der Waals surface area contributed by atoms with E-state index in [0.717, 1.165) is 16.8 Å². The van der Waals surface area contributed by atoms with Gasteiger partial charge in [0.25, 0.3) is 11.1 Å². The first-order chi connectivity index (χ1) is 25.8. The Morgan fingerprint density at radius 1 is 0.704 bits per heavy atom. The summed E-state index contributed by atoms with van der Waals surface area (Å²) in [5, 5.41) is 56.8. The van der Waals surface area contributed by atoms with Crippen LogP contribution < -0.4 is 34.0 Å². The Labute approximate surface area is 298 Å². The lowest BCUT2D eigenvalue weighted by Crippen LogP contribution is -2.37. The molecule has 0 radical (unpaired) electrons. The molecule has 0 unspecified atom stereocenters. The topological polar surface area (TPSA) is 411 Å². The molecule has 6 aromatic rings. The summed E-state index contributed by atoms with van der Waals surface area (Å²) >= 11 is 0. The number of ether oxygens (including phenoxy) is 2. The molecule has 2 aliphatic rings. The van der Waals surface area contributed by atoms with Crippen molar-refractivity contribution in [3.8, 4) is 0 Å². The summed E-state index contributed by atoms with van der Waals surface area (Å²) < 4.78 is 12.9. The number of fused-ring (bicyclic) bond motifs is 2. The number of nitrogens with one attached hydrogen (secondary N) is 4. The van der Waals surface area contributed by atoms with Gasteiger partial charge in [0.2, 0.25) is 0 Å². The molecule has 14 N–H and O–H groups in total. The molecule has 54 heavy (non-hydrogen) atoms. The SMILES string of the molecule is Nc1ncnc2c1ncn2[C@@H]1O[C@H](CO)[C@@H](O)[C@H]1O.Nc1ncnc2nc[nH]c12.O=c1cc[nH]c(=O)[nH]1.O=c1ccn([C@@H]2O[C@H](CO)[C@@H](O)[C@H]2O)c(=O)[nH]1. The normalized spacial score (nSPS) is 24.6. The first-order valence-corrected chi connectivity index (χ1v) is 15.5. The van der Waals surface area contributed by atoms with Crippen molar-refractivity contribution in [2.24, 2.45) is 0 Å². The molecule has 0 saturated carbocycles. The van der Waals surface area contributed by atoms with Gasteiger partial charge in [-0.1, -0.05) is 0 Å². The summed E-state index contributed by atoms with van der Waals surface area (Å²) in [6, 6.07) is 2.33. The Morgan fingerprint density at radius 3 is 1.87 bits per heavy atom. The van der Waals surface area contributed by atoms with Gasteiger partial charge in [0.15, 0.2) is 35.4 Å². The molecular weight excluding hydrogens is 724 g/mol. The third-order valence-corrected chi connectivity index (χ3v) is 7.76. The van der Waals surface area contributed by atoms with Crippen molar-refractivity contribution in [3.05, 3.63) is 91.5 Å². The fraction of sp³-hybridized carbons (Fsp3) is 0.357. The van der Waals surface area contributed by atoms with Gasteiger partial charge in [-0.25, -0.2) is 39.5 Å². The summed E-state index contributed by atoms with van der Waals surface area (Å²) in [6.07, 6.45) is -0.787. The van der Waals surface area contributed by atoms with E-state index in [1.165, 1.54) is 42.1 Å². The maximum atomic E-state index is 11.4. The number of aliphatic hydroxyl groups excluding tert-OH is 6. The Hall–Kier alpha value is -6.26. The lowest BCUT2D eigenvalue weighted by molar-refractivity contribution is -0.0550. The highest BCUT2D eigenvalue weighted by Crippen LogP contribution is 2.31. The molecule has 8 rings (SSSR count). The van der Waals surface area contributed by atoms with Crippen molar-refractivity contribution in [2.75, 3.05) is 24.7 Å². The summed E-state index contributed by atoms with van der Waals surface area (Å²) in [7, 11) is 0. The van der Waals surface area contributed by atoms with Crippen molar-refractivity contribution < 1.29 is 40.1 Å². The van der Waals surface area contributed by atoms with Crippen LogP contribution >= 0.6 is 0 Å². The molecule has 8 atom stereocenters. The smallest absolute Gasteiger partial charge is 0.330 e. The summed E-state index contributed by atoms with van der Waals surface area (Å²) in [4.78, 5) is 75.2. The molecule has 288 valence electrons. The number of aliphatic hydroxyl groups is 6. The fourth-order valence-corrected chi connectivity index (χ4v) is 5.07.